The van der Waals surface area contributed by atoms with Gasteiger partial charge in [0.15, 0.2) is 0 Å². The van der Waals surface area contributed by atoms with E-state index in [-0.39, 0.29) is 29.8 Å². The van der Waals surface area contributed by atoms with Crippen LogP contribution in [0.3, 0.4) is 0 Å². The molecule has 4 fully saturated rings. The third-order valence-electron chi connectivity index (χ3n) is 14.7. The third kappa shape index (κ3) is 10.8. The quantitative estimate of drug-likeness (QED) is 0.104. The number of fused-ring (bicyclic) bond motifs is 2. The molecule has 22 heteroatoms. The van der Waals surface area contributed by atoms with Crippen LogP contribution in [-0.2, 0) is 32.6 Å². The molecule has 72 heavy (non-hydrogen) atoms. The van der Waals surface area contributed by atoms with Crippen LogP contribution in [-0.4, -0.2) is 170 Å². The molecule has 0 saturated carbocycles. The summed E-state index contributed by atoms with van der Waals surface area (Å²) >= 11 is 3.55. The largest absolute Gasteiger partial charge is 0.494 e. The predicted molar refractivity (Wildman–Crippen MR) is 281 cm³/mol. The molecule has 380 valence electrons. The van der Waals surface area contributed by atoms with E-state index in [1.165, 1.54) is 17.4 Å². The first-order valence-corrected chi connectivity index (χ1v) is 27.4. The number of carbonyl (C=O) groups excluding carboxylic acids is 3. The van der Waals surface area contributed by atoms with E-state index in [0.717, 1.165) is 121 Å². The van der Waals surface area contributed by atoms with Crippen LogP contribution in [0.2, 0.25) is 0 Å². The van der Waals surface area contributed by atoms with Gasteiger partial charge in [-0.05, 0) is 89.1 Å². The summed E-state index contributed by atoms with van der Waals surface area (Å²) in [6.07, 6.45) is 9.42. The van der Waals surface area contributed by atoms with Crippen LogP contribution in [0, 0.1) is 0 Å². The Morgan fingerprint density at radius 3 is 2.26 bits per heavy atom. The molecule has 4 N–H and O–H groups in total. The highest BCUT2D eigenvalue weighted by molar-refractivity contribution is 9.10. The third-order valence-corrected chi connectivity index (χ3v) is 15.8. The van der Waals surface area contributed by atoms with Crippen molar-refractivity contribution < 1.29 is 27.5 Å². The van der Waals surface area contributed by atoms with Crippen LogP contribution in [0.1, 0.15) is 54.1 Å². The number of halogens is 1. The number of sulfonamides is 1. The molecule has 3 amide bonds. The van der Waals surface area contributed by atoms with E-state index in [1.807, 2.05) is 12.1 Å². The van der Waals surface area contributed by atoms with E-state index in [1.54, 1.807) is 36.5 Å². The lowest BCUT2D eigenvalue weighted by Crippen LogP contribution is -2.55. The Balaban J connectivity index is 0.689. The van der Waals surface area contributed by atoms with Gasteiger partial charge in [-0.25, -0.2) is 13.4 Å². The lowest BCUT2D eigenvalue weighted by Gasteiger charge is -2.44. The maximum atomic E-state index is 13.2. The molecule has 1 atom stereocenters. The zero-order chi connectivity index (χ0) is 50.1. The highest BCUT2D eigenvalue weighted by atomic mass is 79.9. The average molecular weight is 1070 g/mol. The highest BCUT2D eigenvalue weighted by Crippen LogP contribution is 2.39. The number of hydrogen-bond acceptors (Lipinski definition) is 17. The molecular weight excluding hydrogens is 1000 g/mol. The second-order valence-corrected chi connectivity index (χ2v) is 21.7. The number of aryl methyl sites for hydroxylation is 1. The van der Waals surface area contributed by atoms with Crippen molar-refractivity contribution >= 4 is 94.9 Å². The Hall–Kier alpha value is -6.20. The summed E-state index contributed by atoms with van der Waals surface area (Å²) in [5.41, 5.74) is 7.44. The minimum atomic E-state index is -3.65. The van der Waals surface area contributed by atoms with E-state index in [9.17, 15) is 22.8 Å². The van der Waals surface area contributed by atoms with Crippen molar-refractivity contribution in [2.75, 3.05) is 117 Å². The molecule has 10 rings (SSSR count). The fraction of sp³-hybridized carbons (Fsp3) is 0.460. The van der Waals surface area contributed by atoms with Gasteiger partial charge in [-0.3, -0.25) is 49.1 Å². The second-order valence-electron chi connectivity index (χ2n) is 19.1. The molecule has 5 aliphatic heterocycles. The van der Waals surface area contributed by atoms with E-state index >= 15 is 0 Å². The molecule has 2 aromatic heterocycles. The molecule has 0 bridgehead atoms. The SMILES string of the molecule is CCc1cc(Nc2ncc(Br)c(Nc3ccc4nccnc4c3NS(C)(=O)=O)n2)c(OC)cc1N1CCC(N2CCN(CCN3CCN(c4ccc5c(c4)CN(C4CCC(=O)NC4=O)C5=O)CC3)CC2)CC1. The number of hydrogen-bond donors (Lipinski definition) is 4. The molecule has 3 aromatic carbocycles. The number of aromatic nitrogens is 4. The first-order chi connectivity index (χ1) is 34.8. The van der Waals surface area contributed by atoms with Gasteiger partial charge in [0.25, 0.3) is 5.91 Å². The Bertz CT molecular complexity index is 2980. The van der Waals surface area contributed by atoms with Crippen LogP contribution in [0.15, 0.2) is 65.5 Å². The van der Waals surface area contributed by atoms with Gasteiger partial charge in [0, 0.05) is 139 Å². The number of piperidine rings is 2. The average Bonchev–Trinajstić information content (AvgIpc) is 3.71. The molecule has 1 unspecified atom stereocenters. The number of nitrogens with one attached hydrogen (secondary N) is 4. The molecule has 7 heterocycles. The minimum Gasteiger partial charge on any atom is -0.494 e. The summed E-state index contributed by atoms with van der Waals surface area (Å²) < 4.78 is 33.9. The number of rotatable bonds is 15. The van der Waals surface area contributed by atoms with E-state index in [0.29, 0.717) is 63.3 Å². The van der Waals surface area contributed by atoms with Gasteiger partial charge in [0.1, 0.15) is 23.1 Å². The van der Waals surface area contributed by atoms with Crippen molar-refractivity contribution in [3.05, 3.63) is 82.2 Å². The number of nitrogens with zero attached hydrogens (tertiary/aromatic N) is 10. The van der Waals surface area contributed by atoms with E-state index < -0.39 is 16.1 Å². The molecule has 0 aliphatic carbocycles. The summed E-state index contributed by atoms with van der Waals surface area (Å²) in [5, 5.41) is 9.01. The van der Waals surface area contributed by atoms with Crippen LogP contribution >= 0.6 is 15.9 Å². The maximum absolute atomic E-state index is 13.2. The summed E-state index contributed by atoms with van der Waals surface area (Å²) in [6, 6.07) is 13.7. The fourth-order valence-corrected chi connectivity index (χ4v) is 11.6. The summed E-state index contributed by atoms with van der Waals surface area (Å²) in [4.78, 5) is 69.8. The first kappa shape index (κ1) is 49.4. The van der Waals surface area contributed by atoms with Gasteiger partial charge < -0.3 is 30.1 Å². The van der Waals surface area contributed by atoms with Gasteiger partial charge in [-0.2, -0.15) is 4.98 Å². The molecule has 5 aliphatic rings. The highest BCUT2D eigenvalue weighted by Gasteiger charge is 2.39. The summed E-state index contributed by atoms with van der Waals surface area (Å²) in [7, 11) is -1.98. The standard InChI is InChI=1S/C50H61BrN14O6S/c1-4-32-28-40(56-50-54-30-37(51)47(58-50)55-39-8-7-38-45(53-14-13-52-38)46(39)59-72(3,69)70)43(71-2)29-42(32)64-15-11-34(12-16-64)62-23-19-60(20-24-62)17-18-61-21-25-63(26-22-61)35-5-6-36-33(27-35)31-65(49(36)68)41-9-10-44(66)57-48(41)67/h5-8,13-14,27-30,34,41,59H,4,9-12,15-26,31H2,1-3H3,(H,57,66,67)(H2,54,55,56,58). The van der Waals surface area contributed by atoms with Crippen molar-refractivity contribution in [3.63, 3.8) is 0 Å². The minimum absolute atomic E-state index is 0.136. The lowest BCUT2D eigenvalue weighted by molar-refractivity contribution is -0.136. The van der Waals surface area contributed by atoms with E-state index in [4.69, 9.17) is 9.72 Å². The number of amides is 3. The molecule has 4 saturated heterocycles. The van der Waals surface area contributed by atoms with Crippen LogP contribution < -0.4 is 35.2 Å². The van der Waals surface area contributed by atoms with Gasteiger partial charge in [0.2, 0.25) is 27.8 Å². The van der Waals surface area contributed by atoms with Gasteiger partial charge in [0.05, 0.1) is 40.4 Å². The Kier molecular flexibility index (Phi) is 14.5. The maximum Gasteiger partial charge on any atom is 0.255 e. The zero-order valence-corrected chi connectivity index (χ0v) is 43.3. The summed E-state index contributed by atoms with van der Waals surface area (Å²) in [6.45, 7) is 14.7. The lowest BCUT2D eigenvalue weighted by atomic mass is 9.99. The topological polar surface area (TPSA) is 214 Å². The van der Waals surface area contributed by atoms with Crippen molar-refractivity contribution in [1.82, 2.24) is 44.9 Å². The molecule has 20 nitrogen and oxygen atoms in total. The summed E-state index contributed by atoms with van der Waals surface area (Å²) in [5.74, 6) is 0.613. The predicted octanol–water partition coefficient (Wildman–Crippen LogP) is 4.78. The number of imide groups is 1. The Morgan fingerprint density at radius 1 is 0.819 bits per heavy atom. The fourth-order valence-electron chi connectivity index (χ4n) is 10.7. The van der Waals surface area contributed by atoms with Crippen molar-refractivity contribution in [2.45, 2.75) is 57.7 Å². The van der Waals surface area contributed by atoms with Crippen LogP contribution in [0.5, 0.6) is 5.75 Å². The first-order valence-electron chi connectivity index (χ1n) is 24.8. The molecule has 5 aromatic rings. The number of piperazine rings is 2. The van der Waals surface area contributed by atoms with Crippen molar-refractivity contribution in [2.24, 2.45) is 0 Å². The van der Waals surface area contributed by atoms with E-state index in [2.05, 4.69) is 101 Å². The van der Waals surface area contributed by atoms with Crippen LogP contribution in [0.25, 0.3) is 11.0 Å². The molecule has 0 radical (unpaired) electrons. The zero-order valence-electron chi connectivity index (χ0n) is 40.9. The van der Waals surface area contributed by atoms with Crippen LogP contribution in [0.4, 0.5) is 40.2 Å². The van der Waals surface area contributed by atoms with Gasteiger partial charge in [-0.15, -0.1) is 0 Å². The number of ether oxygens (including phenoxy) is 1. The number of carbonyl (C=O) groups is 3. The number of benzene rings is 3. The van der Waals surface area contributed by atoms with Gasteiger partial charge in [-0.1, -0.05) is 6.92 Å². The molecule has 0 spiro atoms. The Labute approximate surface area is 428 Å². The monoisotopic (exact) mass is 1060 g/mol. The number of methoxy groups -OCH3 is 1. The smallest absolute Gasteiger partial charge is 0.255 e. The molecular formula is C50H61BrN14O6S. The second kappa shape index (κ2) is 21.1. The van der Waals surface area contributed by atoms with Gasteiger partial charge >= 0.3 is 0 Å². The number of anilines is 7. The van der Waals surface area contributed by atoms with Crippen molar-refractivity contribution in [3.8, 4) is 5.75 Å². The normalized spacial score (nSPS) is 19.7. The van der Waals surface area contributed by atoms with Crippen molar-refractivity contribution in [1.29, 1.82) is 0 Å². The Morgan fingerprint density at radius 2 is 1.56 bits per heavy atom.